The van der Waals surface area contributed by atoms with E-state index in [0.29, 0.717) is 17.9 Å². The molecule has 0 aromatic heterocycles. The number of hydrogen-bond donors (Lipinski definition) is 0. The van der Waals surface area contributed by atoms with Gasteiger partial charge in [-0.15, -0.1) is 0 Å². The molecule has 1 heterocycles. The largest absolute Gasteiger partial charge is 0.367 e. The summed E-state index contributed by atoms with van der Waals surface area (Å²) in [5.74, 6) is -0.342. The Morgan fingerprint density at radius 1 is 1.44 bits per heavy atom. The van der Waals surface area contributed by atoms with Crippen molar-refractivity contribution in [2.45, 2.75) is 18.9 Å². The van der Waals surface area contributed by atoms with Crippen molar-refractivity contribution in [1.82, 2.24) is 4.90 Å². The van der Waals surface area contributed by atoms with Crippen LogP contribution in [-0.2, 0) is 0 Å². The van der Waals surface area contributed by atoms with Crippen LogP contribution in [0, 0.1) is 5.82 Å². The number of nitrogens with zero attached hydrogens (tertiary/aromatic N) is 2. The summed E-state index contributed by atoms with van der Waals surface area (Å²) in [4.78, 5) is 15.1. The fourth-order valence-electron chi connectivity index (χ4n) is 2.62. The van der Waals surface area contributed by atoms with E-state index in [1.54, 1.807) is 6.07 Å². The van der Waals surface area contributed by atoms with Gasteiger partial charge in [-0.25, -0.2) is 4.39 Å². The van der Waals surface area contributed by atoms with Crippen molar-refractivity contribution in [3.05, 3.63) is 29.6 Å². The highest BCUT2D eigenvalue weighted by Gasteiger charge is 2.25. The molecule has 1 unspecified atom stereocenters. The number of carbonyl (C=O) groups is 1. The third kappa shape index (κ3) is 2.88. The van der Waals surface area contributed by atoms with Gasteiger partial charge < -0.3 is 9.80 Å². The summed E-state index contributed by atoms with van der Waals surface area (Å²) in [7, 11) is 4.08. The molecule has 1 aliphatic rings. The van der Waals surface area contributed by atoms with Gasteiger partial charge in [-0.05, 0) is 45.1 Å². The van der Waals surface area contributed by atoms with Crippen LogP contribution in [0.1, 0.15) is 23.2 Å². The Morgan fingerprint density at radius 3 is 2.89 bits per heavy atom. The van der Waals surface area contributed by atoms with Gasteiger partial charge in [0.25, 0.3) is 0 Å². The number of benzene rings is 1. The first-order valence-corrected chi connectivity index (χ1v) is 6.27. The maximum Gasteiger partial charge on any atom is 0.150 e. The lowest BCUT2D eigenvalue weighted by Gasteiger charge is -2.29. The lowest BCUT2D eigenvalue weighted by atomic mass is 10.1. The minimum atomic E-state index is -0.342. The molecule has 98 valence electrons. The molecule has 0 spiro atoms. The van der Waals surface area contributed by atoms with Crippen LogP contribution in [0.5, 0.6) is 0 Å². The van der Waals surface area contributed by atoms with Crippen molar-refractivity contribution in [3.63, 3.8) is 0 Å². The Bertz CT molecular complexity index is 434. The average Bonchev–Trinajstić information content (AvgIpc) is 2.75. The molecular formula is C14H19FN2O. The maximum absolute atomic E-state index is 13.5. The highest BCUT2D eigenvalue weighted by Crippen LogP contribution is 2.27. The van der Waals surface area contributed by atoms with Crippen LogP contribution in [0.15, 0.2) is 18.2 Å². The van der Waals surface area contributed by atoms with E-state index in [4.69, 9.17) is 0 Å². The van der Waals surface area contributed by atoms with Crippen LogP contribution in [0.25, 0.3) is 0 Å². The summed E-state index contributed by atoms with van der Waals surface area (Å²) in [6.45, 7) is 1.88. The number of rotatable bonds is 4. The zero-order valence-corrected chi connectivity index (χ0v) is 10.9. The van der Waals surface area contributed by atoms with Crippen LogP contribution < -0.4 is 4.90 Å². The second kappa shape index (κ2) is 5.48. The Morgan fingerprint density at radius 2 is 2.22 bits per heavy atom. The number of anilines is 1. The van der Waals surface area contributed by atoms with Gasteiger partial charge in [-0.3, -0.25) is 4.79 Å². The lowest BCUT2D eigenvalue weighted by Crippen LogP contribution is -2.37. The highest BCUT2D eigenvalue weighted by atomic mass is 19.1. The van der Waals surface area contributed by atoms with Gasteiger partial charge in [-0.1, -0.05) is 0 Å². The molecule has 3 nitrogen and oxygen atoms in total. The van der Waals surface area contributed by atoms with Gasteiger partial charge in [0.2, 0.25) is 0 Å². The standard InChI is InChI=1S/C14H19FN2O/c1-16(2)9-13-4-3-5-17(13)14-7-11(10-18)6-12(15)8-14/h6-8,10,13H,3-5,9H2,1-2H3. The minimum Gasteiger partial charge on any atom is -0.367 e. The number of hydrogen-bond acceptors (Lipinski definition) is 3. The fraction of sp³-hybridized carbons (Fsp3) is 0.500. The van der Waals surface area contributed by atoms with E-state index >= 15 is 0 Å². The zero-order valence-electron chi connectivity index (χ0n) is 10.9. The Kier molecular flexibility index (Phi) is 3.97. The van der Waals surface area contributed by atoms with E-state index < -0.39 is 0 Å². The maximum atomic E-state index is 13.5. The van der Waals surface area contributed by atoms with E-state index in [0.717, 1.165) is 31.6 Å². The second-order valence-corrected chi connectivity index (χ2v) is 5.11. The Balaban J connectivity index is 2.24. The van der Waals surface area contributed by atoms with Crippen LogP contribution >= 0.6 is 0 Å². The molecule has 0 saturated carbocycles. The number of likely N-dealkylation sites (N-methyl/N-ethyl adjacent to an activating group) is 1. The molecule has 0 aliphatic carbocycles. The van der Waals surface area contributed by atoms with Crippen molar-refractivity contribution in [2.75, 3.05) is 32.1 Å². The third-order valence-electron chi connectivity index (χ3n) is 3.33. The normalized spacial score (nSPS) is 19.6. The van der Waals surface area contributed by atoms with Crippen molar-refractivity contribution in [2.24, 2.45) is 0 Å². The SMILES string of the molecule is CN(C)CC1CCCN1c1cc(F)cc(C=O)c1. The summed E-state index contributed by atoms with van der Waals surface area (Å²) in [5.41, 5.74) is 1.22. The molecule has 1 saturated heterocycles. The highest BCUT2D eigenvalue weighted by molar-refractivity contribution is 5.77. The molecule has 18 heavy (non-hydrogen) atoms. The van der Waals surface area contributed by atoms with Crippen molar-refractivity contribution in [1.29, 1.82) is 0 Å². The zero-order chi connectivity index (χ0) is 13.1. The van der Waals surface area contributed by atoms with Gasteiger partial charge in [0.15, 0.2) is 0 Å². The molecule has 0 bridgehead atoms. The second-order valence-electron chi connectivity index (χ2n) is 5.11. The summed E-state index contributed by atoms with van der Waals surface area (Å²) in [5, 5.41) is 0. The quantitative estimate of drug-likeness (QED) is 0.765. The van der Waals surface area contributed by atoms with Crippen LogP contribution in [0.3, 0.4) is 0 Å². The van der Waals surface area contributed by atoms with Crippen molar-refractivity contribution in [3.8, 4) is 0 Å². The molecule has 1 fully saturated rings. The van der Waals surface area contributed by atoms with E-state index in [1.165, 1.54) is 12.1 Å². The van der Waals surface area contributed by atoms with E-state index in [1.807, 2.05) is 14.1 Å². The van der Waals surface area contributed by atoms with Gasteiger partial charge in [0.1, 0.15) is 12.1 Å². The molecule has 1 aromatic carbocycles. The predicted molar refractivity (Wildman–Crippen MR) is 70.7 cm³/mol. The van der Waals surface area contributed by atoms with Crippen LogP contribution in [0.2, 0.25) is 0 Å². The minimum absolute atomic E-state index is 0.342. The lowest BCUT2D eigenvalue weighted by molar-refractivity contribution is 0.112. The van der Waals surface area contributed by atoms with Gasteiger partial charge in [0, 0.05) is 30.4 Å². The first-order valence-electron chi connectivity index (χ1n) is 6.27. The number of halogens is 1. The fourth-order valence-corrected chi connectivity index (χ4v) is 2.62. The van der Waals surface area contributed by atoms with E-state index in [2.05, 4.69) is 9.80 Å². The molecule has 1 aliphatic heterocycles. The average molecular weight is 250 g/mol. The molecule has 0 radical (unpaired) electrons. The number of aldehydes is 1. The third-order valence-corrected chi connectivity index (χ3v) is 3.33. The van der Waals surface area contributed by atoms with Gasteiger partial charge in [-0.2, -0.15) is 0 Å². The molecular weight excluding hydrogens is 231 g/mol. The van der Waals surface area contributed by atoms with E-state index in [-0.39, 0.29) is 5.82 Å². The van der Waals surface area contributed by atoms with Crippen LogP contribution in [-0.4, -0.2) is 44.4 Å². The van der Waals surface area contributed by atoms with Crippen molar-refractivity contribution >= 4 is 12.0 Å². The first-order chi connectivity index (χ1) is 8.60. The number of carbonyl (C=O) groups excluding carboxylic acids is 1. The molecule has 0 amide bonds. The van der Waals surface area contributed by atoms with Crippen molar-refractivity contribution < 1.29 is 9.18 Å². The summed E-state index contributed by atoms with van der Waals surface area (Å²) in [6, 6.07) is 4.96. The van der Waals surface area contributed by atoms with Gasteiger partial charge >= 0.3 is 0 Å². The Labute approximate surface area is 107 Å². The molecule has 1 aromatic rings. The van der Waals surface area contributed by atoms with Gasteiger partial charge in [0.05, 0.1) is 0 Å². The summed E-state index contributed by atoms with van der Waals surface area (Å²) >= 11 is 0. The first kappa shape index (κ1) is 13.0. The Hall–Kier alpha value is -1.42. The smallest absolute Gasteiger partial charge is 0.150 e. The van der Waals surface area contributed by atoms with E-state index in [9.17, 15) is 9.18 Å². The molecule has 0 N–H and O–H groups in total. The summed E-state index contributed by atoms with van der Waals surface area (Å²) in [6.07, 6.45) is 2.93. The summed E-state index contributed by atoms with van der Waals surface area (Å²) < 4.78 is 13.5. The monoisotopic (exact) mass is 250 g/mol. The molecule has 2 rings (SSSR count). The topological polar surface area (TPSA) is 23.6 Å². The molecule has 1 atom stereocenters. The predicted octanol–water partition coefficient (Wildman–Crippen LogP) is 2.17. The van der Waals surface area contributed by atoms with Crippen LogP contribution in [0.4, 0.5) is 10.1 Å². The molecule has 4 heteroatoms.